The summed E-state index contributed by atoms with van der Waals surface area (Å²) in [5, 5.41) is 0. The molecule has 0 aromatic heterocycles. The van der Waals surface area contributed by atoms with Gasteiger partial charge in [-0.3, -0.25) is 9.59 Å². The predicted octanol–water partition coefficient (Wildman–Crippen LogP) is 2.62. The van der Waals surface area contributed by atoms with Crippen molar-refractivity contribution in [1.29, 1.82) is 0 Å². The minimum Gasteiger partial charge on any atom is -0.462 e. The Kier molecular flexibility index (Phi) is 6.98. The highest BCUT2D eigenvalue weighted by molar-refractivity contribution is 5.94. The number of esters is 1. The summed E-state index contributed by atoms with van der Waals surface area (Å²) < 4.78 is 4.95. The number of carbonyl (C=O) groups excluding carboxylic acids is 3. The van der Waals surface area contributed by atoms with Crippen molar-refractivity contribution in [3.05, 3.63) is 29.8 Å². The van der Waals surface area contributed by atoms with Gasteiger partial charge in [0.15, 0.2) is 0 Å². The lowest BCUT2D eigenvalue weighted by Crippen LogP contribution is -2.38. The number of hydrogen-bond donors (Lipinski definition) is 0. The average Bonchev–Trinajstić information content (AvgIpc) is 2.63. The number of ether oxygens (including phenoxy) is 1. The molecule has 0 atom stereocenters. The summed E-state index contributed by atoms with van der Waals surface area (Å²) in [5.41, 5.74) is 1.12. The van der Waals surface area contributed by atoms with Crippen LogP contribution in [0.25, 0.3) is 0 Å². The molecule has 0 radical (unpaired) electrons. The molecule has 0 N–H and O–H groups in total. The Labute approximate surface area is 148 Å². The van der Waals surface area contributed by atoms with Crippen molar-refractivity contribution >= 4 is 23.5 Å². The molecular formula is C19H26N2O4. The first kappa shape index (κ1) is 19.0. The molecule has 25 heavy (non-hydrogen) atoms. The normalized spacial score (nSPS) is 14.1. The molecule has 6 heteroatoms. The van der Waals surface area contributed by atoms with Gasteiger partial charge in [-0.05, 0) is 50.5 Å². The van der Waals surface area contributed by atoms with Gasteiger partial charge < -0.3 is 14.5 Å². The van der Waals surface area contributed by atoms with Crippen LogP contribution in [0.15, 0.2) is 24.3 Å². The fourth-order valence-corrected chi connectivity index (χ4v) is 2.97. The van der Waals surface area contributed by atoms with Crippen LogP contribution in [-0.2, 0) is 14.3 Å². The molecule has 1 aromatic rings. The molecule has 1 heterocycles. The number of likely N-dealkylation sites (tertiary alicyclic amines) is 1. The molecule has 1 aliphatic heterocycles. The zero-order valence-electron chi connectivity index (χ0n) is 15.0. The van der Waals surface area contributed by atoms with E-state index in [9.17, 15) is 14.4 Å². The second kappa shape index (κ2) is 9.20. The van der Waals surface area contributed by atoms with E-state index in [1.54, 1.807) is 36.1 Å². The molecule has 0 unspecified atom stereocenters. The maximum atomic E-state index is 12.3. The largest absolute Gasteiger partial charge is 0.462 e. The second-order valence-corrected chi connectivity index (χ2v) is 6.13. The molecule has 0 saturated carbocycles. The van der Waals surface area contributed by atoms with E-state index in [2.05, 4.69) is 0 Å². The lowest BCUT2D eigenvalue weighted by Gasteiger charge is -2.28. The molecule has 1 saturated heterocycles. The van der Waals surface area contributed by atoms with E-state index in [1.807, 2.05) is 4.90 Å². The van der Waals surface area contributed by atoms with E-state index >= 15 is 0 Å². The van der Waals surface area contributed by atoms with Crippen LogP contribution in [0.4, 0.5) is 5.69 Å². The number of hydrogen-bond acceptors (Lipinski definition) is 4. The van der Waals surface area contributed by atoms with Crippen LogP contribution in [0.3, 0.4) is 0 Å². The Morgan fingerprint density at radius 3 is 2.28 bits per heavy atom. The third-order valence-corrected chi connectivity index (χ3v) is 4.33. The number of benzene rings is 1. The number of rotatable bonds is 6. The lowest BCUT2D eigenvalue weighted by molar-refractivity contribution is -0.131. The Morgan fingerprint density at radius 1 is 1.08 bits per heavy atom. The summed E-state index contributed by atoms with van der Waals surface area (Å²) in [6.07, 6.45) is 3.59. The Morgan fingerprint density at radius 2 is 1.72 bits per heavy atom. The minimum absolute atomic E-state index is 0.0918. The van der Waals surface area contributed by atoms with Crippen LogP contribution < -0.4 is 4.90 Å². The molecule has 2 amide bonds. The fourth-order valence-electron chi connectivity index (χ4n) is 2.97. The molecule has 0 bridgehead atoms. The SMILES string of the molecule is CCOC(=O)c1ccc(N(CCC(=O)N2CCCCC2)C(C)=O)cc1. The molecule has 1 aliphatic rings. The molecule has 2 rings (SSSR count). The number of anilines is 1. The van der Waals surface area contributed by atoms with Gasteiger partial charge in [0.1, 0.15) is 0 Å². The van der Waals surface area contributed by atoms with E-state index in [1.165, 1.54) is 13.3 Å². The maximum absolute atomic E-state index is 12.3. The van der Waals surface area contributed by atoms with Crippen molar-refractivity contribution in [2.24, 2.45) is 0 Å². The second-order valence-electron chi connectivity index (χ2n) is 6.13. The van der Waals surface area contributed by atoms with Crippen molar-refractivity contribution in [3.63, 3.8) is 0 Å². The lowest BCUT2D eigenvalue weighted by atomic mass is 10.1. The van der Waals surface area contributed by atoms with E-state index in [0.717, 1.165) is 25.9 Å². The summed E-state index contributed by atoms with van der Waals surface area (Å²) in [4.78, 5) is 39.4. The van der Waals surface area contributed by atoms with Gasteiger partial charge in [0.05, 0.1) is 12.2 Å². The van der Waals surface area contributed by atoms with Gasteiger partial charge in [-0.1, -0.05) is 0 Å². The summed E-state index contributed by atoms with van der Waals surface area (Å²) in [6, 6.07) is 6.68. The average molecular weight is 346 g/mol. The highest BCUT2D eigenvalue weighted by atomic mass is 16.5. The molecule has 6 nitrogen and oxygen atoms in total. The van der Waals surface area contributed by atoms with E-state index in [-0.39, 0.29) is 17.8 Å². The first-order valence-corrected chi connectivity index (χ1v) is 8.86. The van der Waals surface area contributed by atoms with Crippen molar-refractivity contribution in [1.82, 2.24) is 4.90 Å². The molecular weight excluding hydrogens is 320 g/mol. The molecule has 0 aliphatic carbocycles. The highest BCUT2D eigenvalue weighted by Gasteiger charge is 2.19. The van der Waals surface area contributed by atoms with Crippen molar-refractivity contribution < 1.29 is 19.1 Å². The van der Waals surface area contributed by atoms with Crippen molar-refractivity contribution in [2.45, 2.75) is 39.5 Å². The zero-order valence-corrected chi connectivity index (χ0v) is 15.0. The first-order valence-electron chi connectivity index (χ1n) is 8.86. The first-order chi connectivity index (χ1) is 12.0. The van der Waals surface area contributed by atoms with E-state index in [0.29, 0.717) is 30.8 Å². The predicted molar refractivity (Wildman–Crippen MR) is 95.5 cm³/mol. The quantitative estimate of drug-likeness (QED) is 0.743. The smallest absolute Gasteiger partial charge is 0.338 e. The van der Waals surface area contributed by atoms with E-state index in [4.69, 9.17) is 4.74 Å². The van der Waals surface area contributed by atoms with Crippen LogP contribution >= 0.6 is 0 Å². The Bertz CT molecular complexity index is 606. The van der Waals surface area contributed by atoms with Gasteiger partial charge in [0.25, 0.3) is 0 Å². The van der Waals surface area contributed by atoms with Crippen molar-refractivity contribution in [3.8, 4) is 0 Å². The molecule has 1 aromatic carbocycles. The highest BCUT2D eigenvalue weighted by Crippen LogP contribution is 2.18. The standard InChI is InChI=1S/C19H26N2O4/c1-3-25-19(24)16-7-9-17(10-8-16)21(15(2)22)14-11-18(23)20-12-5-4-6-13-20/h7-10H,3-6,11-14H2,1-2H3. The van der Waals surface area contributed by atoms with Gasteiger partial charge in [0, 0.05) is 38.7 Å². The number of amides is 2. The summed E-state index contributed by atoms with van der Waals surface area (Å²) in [5.74, 6) is -0.423. The third kappa shape index (κ3) is 5.31. The van der Waals surface area contributed by atoms with Crippen molar-refractivity contribution in [2.75, 3.05) is 31.1 Å². The van der Waals surface area contributed by atoms with E-state index < -0.39 is 0 Å². The Balaban J connectivity index is 1.98. The Hall–Kier alpha value is -2.37. The molecule has 1 fully saturated rings. The van der Waals surface area contributed by atoms with Gasteiger partial charge in [-0.15, -0.1) is 0 Å². The minimum atomic E-state index is -0.385. The third-order valence-electron chi connectivity index (χ3n) is 4.33. The van der Waals surface area contributed by atoms with Crippen LogP contribution in [-0.4, -0.2) is 48.9 Å². The molecule has 136 valence electrons. The molecule has 0 spiro atoms. The topological polar surface area (TPSA) is 66.9 Å². The van der Waals surface area contributed by atoms with Crippen LogP contribution in [0, 0.1) is 0 Å². The summed E-state index contributed by atoms with van der Waals surface area (Å²) in [6.45, 7) is 5.51. The number of carbonyl (C=O) groups is 3. The maximum Gasteiger partial charge on any atom is 0.338 e. The van der Waals surface area contributed by atoms with Gasteiger partial charge in [-0.2, -0.15) is 0 Å². The van der Waals surface area contributed by atoms with Gasteiger partial charge in [0.2, 0.25) is 11.8 Å². The number of nitrogens with zero attached hydrogens (tertiary/aromatic N) is 2. The monoisotopic (exact) mass is 346 g/mol. The van der Waals surface area contributed by atoms with Gasteiger partial charge in [-0.25, -0.2) is 4.79 Å². The van der Waals surface area contributed by atoms with Crippen LogP contribution in [0.5, 0.6) is 0 Å². The summed E-state index contributed by atoms with van der Waals surface area (Å²) in [7, 11) is 0. The number of piperidine rings is 1. The van der Waals surface area contributed by atoms with Gasteiger partial charge >= 0.3 is 5.97 Å². The zero-order chi connectivity index (χ0) is 18.2. The van der Waals surface area contributed by atoms with Crippen LogP contribution in [0.1, 0.15) is 49.9 Å². The fraction of sp³-hybridized carbons (Fsp3) is 0.526. The van der Waals surface area contributed by atoms with Crippen LogP contribution in [0.2, 0.25) is 0 Å². The summed E-state index contributed by atoms with van der Waals surface area (Å²) >= 11 is 0.